The molecule has 0 rings (SSSR count). The van der Waals surface area contributed by atoms with Crippen LogP contribution in [0.3, 0.4) is 0 Å². The van der Waals surface area contributed by atoms with Gasteiger partial charge in [-0.05, 0) is 39.4 Å². The third-order valence-corrected chi connectivity index (χ3v) is 3.01. The van der Waals surface area contributed by atoms with Crippen LogP contribution >= 0.6 is 0 Å². The van der Waals surface area contributed by atoms with E-state index in [-0.39, 0.29) is 0 Å². The van der Waals surface area contributed by atoms with Gasteiger partial charge in [0, 0.05) is 12.6 Å². The maximum Gasteiger partial charge on any atom is 0.508 e. The molecule has 6 nitrogen and oxygen atoms in total. The fourth-order valence-electron chi connectivity index (χ4n) is 1.85. The standard InChI is InChI=1S/C16H29NO5/c1-4-5-6-7-9-14(10-11-15(18)19)22-16(20)21-13-8-12-17(2)3/h10-11,14H,4-9,12-13H2,1-3H3,(H,18,19)/b11-10+. The second-order valence-electron chi connectivity index (χ2n) is 5.46. The van der Waals surface area contributed by atoms with Crippen LogP contribution in [0.1, 0.15) is 45.4 Å². The summed E-state index contributed by atoms with van der Waals surface area (Å²) in [7, 11) is 3.89. The Labute approximate surface area is 133 Å². The summed E-state index contributed by atoms with van der Waals surface area (Å²) < 4.78 is 10.2. The van der Waals surface area contributed by atoms with Crippen molar-refractivity contribution in [3.8, 4) is 0 Å². The highest BCUT2D eigenvalue weighted by Crippen LogP contribution is 2.10. The van der Waals surface area contributed by atoms with Gasteiger partial charge in [-0.2, -0.15) is 0 Å². The molecule has 1 N–H and O–H groups in total. The Morgan fingerprint density at radius 2 is 1.91 bits per heavy atom. The maximum atomic E-state index is 11.6. The minimum absolute atomic E-state index is 0.294. The summed E-state index contributed by atoms with van der Waals surface area (Å²) in [5, 5.41) is 8.67. The number of carboxylic acid groups (broad SMARTS) is 1. The van der Waals surface area contributed by atoms with Crippen LogP contribution in [-0.4, -0.2) is 55.5 Å². The smallest absolute Gasteiger partial charge is 0.478 e. The summed E-state index contributed by atoms with van der Waals surface area (Å²) in [6, 6.07) is 0. The molecule has 0 radical (unpaired) electrons. The lowest BCUT2D eigenvalue weighted by molar-refractivity contribution is -0.131. The van der Waals surface area contributed by atoms with Gasteiger partial charge in [-0.1, -0.05) is 26.2 Å². The van der Waals surface area contributed by atoms with Gasteiger partial charge in [0.05, 0.1) is 6.61 Å². The SMILES string of the molecule is CCCCCCC(/C=C/C(=O)O)OC(=O)OCCCN(C)C. The van der Waals surface area contributed by atoms with Crippen molar-refractivity contribution in [1.82, 2.24) is 4.90 Å². The predicted molar refractivity (Wildman–Crippen MR) is 84.9 cm³/mol. The van der Waals surface area contributed by atoms with E-state index in [0.29, 0.717) is 13.0 Å². The third kappa shape index (κ3) is 13.4. The molecule has 0 bridgehead atoms. The molecule has 1 unspecified atom stereocenters. The van der Waals surface area contributed by atoms with E-state index in [1.165, 1.54) is 6.08 Å². The number of ether oxygens (including phenoxy) is 2. The molecule has 0 heterocycles. The maximum absolute atomic E-state index is 11.6. The highest BCUT2D eigenvalue weighted by Gasteiger charge is 2.13. The van der Waals surface area contributed by atoms with E-state index in [1.54, 1.807) is 0 Å². The van der Waals surface area contributed by atoms with Crippen LogP contribution in [0.15, 0.2) is 12.2 Å². The molecule has 1 atom stereocenters. The van der Waals surface area contributed by atoms with Gasteiger partial charge in [0.1, 0.15) is 6.10 Å². The van der Waals surface area contributed by atoms with Crippen molar-refractivity contribution in [3.63, 3.8) is 0 Å². The van der Waals surface area contributed by atoms with Gasteiger partial charge in [-0.25, -0.2) is 9.59 Å². The first-order valence-electron chi connectivity index (χ1n) is 7.85. The summed E-state index contributed by atoms with van der Waals surface area (Å²) in [5.74, 6) is -1.05. The van der Waals surface area contributed by atoms with Crippen molar-refractivity contribution in [2.75, 3.05) is 27.2 Å². The summed E-state index contributed by atoms with van der Waals surface area (Å²) in [6.07, 6.45) is 6.60. The van der Waals surface area contributed by atoms with Gasteiger partial charge in [-0.15, -0.1) is 0 Å². The molecule has 0 aromatic heterocycles. The predicted octanol–water partition coefficient (Wildman–Crippen LogP) is 3.07. The Kier molecular flexibility index (Phi) is 12.2. The minimum atomic E-state index is -1.05. The van der Waals surface area contributed by atoms with E-state index in [4.69, 9.17) is 14.6 Å². The van der Waals surface area contributed by atoms with Gasteiger partial charge < -0.3 is 19.5 Å². The average Bonchev–Trinajstić information content (AvgIpc) is 2.45. The molecule has 0 saturated heterocycles. The van der Waals surface area contributed by atoms with Gasteiger partial charge in [0.2, 0.25) is 0 Å². The lowest BCUT2D eigenvalue weighted by Crippen LogP contribution is -2.20. The first kappa shape index (κ1) is 20.4. The summed E-state index contributed by atoms with van der Waals surface area (Å²) >= 11 is 0. The largest absolute Gasteiger partial charge is 0.508 e. The summed E-state index contributed by atoms with van der Waals surface area (Å²) in [5.41, 5.74) is 0. The number of rotatable bonds is 12. The number of carboxylic acids is 1. The first-order chi connectivity index (χ1) is 10.5. The molecule has 22 heavy (non-hydrogen) atoms. The molecule has 6 heteroatoms. The van der Waals surface area contributed by atoms with Crippen LogP contribution in [0, 0.1) is 0 Å². The Balaban J connectivity index is 4.13. The van der Waals surface area contributed by atoms with E-state index >= 15 is 0 Å². The zero-order valence-corrected chi connectivity index (χ0v) is 13.9. The molecular weight excluding hydrogens is 286 g/mol. The number of hydrogen-bond acceptors (Lipinski definition) is 5. The molecule has 0 aromatic carbocycles. The normalized spacial score (nSPS) is 12.5. The fraction of sp³-hybridized carbons (Fsp3) is 0.750. The van der Waals surface area contributed by atoms with Crippen LogP contribution in [0.25, 0.3) is 0 Å². The lowest BCUT2D eigenvalue weighted by Gasteiger charge is -2.14. The lowest BCUT2D eigenvalue weighted by atomic mass is 10.1. The van der Waals surface area contributed by atoms with Crippen molar-refractivity contribution in [2.24, 2.45) is 0 Å². The fourth-order valence-corrected chi connectivity index (χ4v) is 1.85. The zero-order chi connectivity index (χ0) is 16.8. The Morgan fingerprint density at radius 1 is 1.18 bits per heavy atom. The molecule has 128 valence electrons. The molecule has 0 amide bonds. The molecule has 0 aliphatic carbocycles. The Bertz CT molecular complexity index is 341. The number of carbonyl (C=O) groups is 2. The van der Waals surface area contributed by atoms with E-state index in [2.05, 4.69) is 6.92 Å². The van der Waals surface area contributed by atoms with Crippen LogP contribution in [-0.2, 0) is 14.3 Å². The molecule has 0 aromatic rings. The topological polar surface area (TPSA) is 76.1 Å². The second kappa shape index (κ2) is 13.1. The van der Waals surface area contributed by atoms with Crippen molar-refractivity contribution in [1.29, 1.82) is 0 Å². The quantitative estimate of drug-likeness (QED) is 0.339. The number of aliphatic carboxylic acids is 1. The van der Waals surface area contributed by atoms with Crippen LogP contribution in [0.4, 0.5) is 4.79 Å². The highest BCUT2D eigenvalue weighted by atomic mass is 16.7. The third-order valence-electron chi connectivity index (χ3n) is 3.01. The minimum Gasteiger partial charge on any atom is -0.478 e. The molecule has 0 spiro atoms. The van der Waals surface area contributed by atoms with Crippen LogP contribution in [0.5, 0.6) is 0 Å². The second-order valence-corrected chi connectivity index (χ2v) is 5.46. The monoisotopic (exact) mass is 315 g/mol. The Hall–Kier alpha value is -1.56. The summed E-state index contributed by atoms with van der Waals surface area (Å²) in [6.45, 7) is 3.23. The number of carbonyl (C=O) groups excluding carboxylic acids is 1. The van der Waals surface area contributed by atoms with E-state index < -0.39 is 18.2 Å². The van der Waals surface area contributed by atoms with E-state index in [9.17, 15) is 9.59 Å². The first-order valence-corrected chi connectivity index (χ1v) is 7.85. The zero-order valence-electron chi connectivity index (χ0n) is 13.9. The van der Waals surface area contributed by atoms with Crippen LogP contribution < -0.4 is 0 Å². The number of hydrogen-bond donors (Lipinski definition) is 1. The number of nitrogens with zero attached hydrogens (tertiary/aromatic N) is 1. The van der Waals surface area contributed by atoms with Crippen molar-refractivity contribution < 1.29 is 24.2 Å². The van der Waals surface area contributed by atoms with Crippen molar-refractivity contribution >= 4 is 12.1 Å². The average molecular weight is 315 g/mol. The molecular formula is C16H29NO5. The molecule has 0 aliphatic heterocycles. The van der Waals surface area contributed by atoms with E-state index in [0.717, 1.165) is 44.7 Å². The van der Waals surface area contributed by atoms with Gasteiger partial charge in [-0.3, -0.25) is 0 Å². The molecule has 0 saturated carbocycles. The van der Waals surface area contributed by atoms with Gasteiger partial charge in [0.25, 0.3) is 0 Å². The summed E-state index contributed by atoms with van der Waals surface area (Å²) in [4.78, 5) is 24.2. The molecule has 0 aliphatic rings. The molecule has 0 fully saturated rings. The van der Waals surface area contributed by atoms with Crippen molar-refractivity contribution in [3.05, 3.63) is 12.2 Å². The van der Waals surface area contributed by atoms with Crippen molar-refractivity contribution in [2.45, 2.75) is 51.6 Å². The highest BCUT2D eigenvalue weighted by molar-refractivity contribution is 5.79. The van der Waals surface area contributed by atoms with Crippen LogP contribution in [0.2, 0.25) is 0 Å². The van der Waals surface area contributed by atoms with Gasteiger partial charge >= 0.3 is 12.1 Å². The Morgan fingerprint density at radius 3 is 2.50 bits per heavy atom. The number of unbranched alkanes of at least 4 members (excludes halogenated alkanes) is 3. The van der Waals surface area contributed by atoms with Gasteiger partial charge in [0.15, 0.2) is 0 Å². The van der Waals surface area contributed by atoms with E-state index in [1.807, 2.05) is 19.0 Å².